The van der Waals surface area contributed by atoms with E-state index in [1.165, 1.54) is 0 Å². The van der Waals surface area contributed by atoms with Crippen molar-refractivity contribution < 1.29 is 19.8 Å². The van der Waals surface area contributed by atoms with Crippen molar-refractivity contribution in [2.24, 2.45) is 17.8 Å². The molecule has 4 bridgehead atoms. The van der Waals surface area contributed by atoms with Crippen LogP contribution in [-0.4, -0.2) is 51.8 Å². The highest BCUT2D eigenvalue weighted by atomic mass is 16.4. The Labute approximate surface area is 194 Å². The van der Waals surface area contributed by atoms with Crippen LogP contribution in [0.1, 0.15) is 91.9 Å². The summed E-state index contributed by atoms with van der Waals surface area (Å²) < 4.78 is 0. The van der Waals surface area contributed by atoms with Gasteiger partial charge in [-0.1, -0.05) is 0 Å². The number of carboxylic acids is 1. The van der Waals surface area contributed by atoms with Crippen LogP contribution in [0.4, 0.5) is 0 Å². The van der Waals surface area contributed by atoms with Gasteiger partial charge in [-0.25, -0.2) is 0 Å². The van der Waals surface area contributed by atoms with Crippen LogP contribution in [0.15, 0.2) is 12.1 Å². The van der Waals surface area contributed by atoms with Gasteiger partial charge in [-0.3, -0.25) is 14.6 Å². The Morgan fingerprint density at radius 1 is 1.15 bits per heavy atom. The molecule has 7 nitrogen and oxygen atoms in total. The maximum Gasteiger partial charge on any atom is 0.304 e. The maximum atomic E-state index is 13.5. The predicted octanol–water partition coefficient (Wildman–Crippen LogP) is 2.72. The van der Waals surface area contributed by atoms with E-state index in [-0.39, 0.29) is 18.4 Å². The number of piperidine rings is 1. The minimum atomic E-state index is -0.807. The molecule has 5 aliphatic carbocycles. The van der Waals surface area contributed by atoms with Gasteiger partial charge in [0.1, 0.15) is 0 Å². The van der Waals surface area contributed by atoms with E-state index in [0.717, 1.165) is 75.7 Å². The lowest BCUT2D eigenvalue weighted by atomic mass is 9.52. The highest BCUT2D eigenvalue weighted by Gasteiger charge is 2.55. The second-order valence-corrected chi connectivity index (χ2v) is 11.7. The van der Waals surface area contributed by atoms with Crippen LogP contribution in [0.25, 0.3) is 0 Å². The number of carbonyl (C=O) groups excluding carboxylic acids is 1. The van der Waals surface area contributed by atoms with Crippen LogP contribution >= 0.6 is 0 Å². The van der Waals surface area contributed by atoms with Gasteiger partial charge in [0, 0.05) is 29.6 Å². The molecule has 1 aromatic heterocycles. The molecule has 4 N–H and O–H groups in total. The highest BCUT2D eigenvalue weighted by molar-refractivity contribution is 5.96. The zero-order valence-corrected chi connectivity index (χ0v) is 19.2. The number of carbonyl (C=O) groups is 2. The maximum absolute atomic E-state index is 13.5. The number of aromatic nitrogens is 1. The zero-order valence-electron chi connectivity index (χ0n) is 19.2. The third kappa shape index (κ3) is 3.87. The first-order chi connectivity index (χ1) is 15.8. The van der Waals surface area contributed by atoms with Crippen LogP contribution < -0.4 is 10.6 Å². The molecule has 7 heteroatoms. The summed E-state index contributed by atoms with van der Waals surface area (Å²) in [6, 6.07) is 3.94. The molecule has 1 amide bonds. The number of aliphatic hydroxyl groups is 1. The van der Waals surface area contributed by atoms with Crippen molar-refractivity contribution in [1.29, 1.82) is 0 Å². The van der Waals surface area contributed by atoms with E-state index >= 15 is 0 Å². The summed E-state index contributed by atoms with van der Waals surface area (Å²) in [5.74, 6) is 0.790. The van der Waals surface area contributed by atoms with Crippen molar-refractivity contribution in [3.63, 3.8) is 0 Å². The van der Waals surface area contributed by atoms with Gasteiger partial charge in [0.2, 0.25) is 0 Å². The Balaban J connectivity index is 1.27. The van der Waals surface area contributed by atoms with Gasteiger partial charge < -0.3 is 20.8 Å². The second kappa shape index (κ2) is 7.77. The molecular weight excluding hydrogens is 418 g/mol. The number of rotatable bonds is 6. The summed E-state index contributed by atoms with van der Waals surface area (Å²) in [4.78, 5) is 30.2. The van der Waals surface area contributed by atoms with Gasteiger partial charge in [0.25, 0.3) is 5.91 Å². The highest BCUT2D eigenvalue weighted by Crippen LogP contribution is 2.55. The number of hydrogen-bond acceptors (Lipinski definition) is 5. The molecule has 178 valence electrons. The van der Waals surface area contributed by atoms with Crippen molar-refractivity contribution >= 4 is 11.9 Å². The molecule has 1 aliphatic heterocycles. The normalized spacial score (nSPS) is 39.4. The monoisotopic (exact) mass is 453 g/mol. The Morgan fingerprint density at radius 3 is 2.52 bits per heavy atom. The third-order valence-corrected chi connectivity index (χ3v) is 9.18. The van der Waals surface area contributed by atoms with Crippen LogP contribution in [0, 0.1) is 17.8 Å². The van der Waals surface area contributed by atoms with Crippen molar-refractivity contribution in [3.05, 3.63) is 29.1 Å². The second-order valence-electron chi connectivity index (χ2n) is 11.7. The molecule has 3 atom stereocenters. The number of aliphatic carboxylic acids is 1. The molecule has 2 heterocycles. The Bertz CT molecular complexity index is 952. The Hall–Kier alpha value is -1.99. The summed E-state index contributed by atoms with van der Waals surface area (Å²) in [6.07, 6.45) is 8.61. The Kier molecular flexibility index (Phi) is 5.07. The van der Waals surface area contributed by atoms with Crippen molar-refractivity contribution in [2.45, 2.75) is 87.2 Å². The minimum Gasteiger partial charge on any atom is -0.481 e. The lowest BCUT2D eigenvalue weighted by Gasteiger charge is -2.58. The molecule has 6 fully saturated rings. The van der Waals surface area contributed by atoms with Gasteiger partial charge in [-0.2, -0.15) is 0 Å². The van der Waals surface area contributed by atoms with E-state index in [1.807, 2.05) is 12.1 Å². The van der Waals surface area contributed by atoms with E-state index in [4.69, 9.17) is 4.98 Å². The lowest BCUT2D eigenvalue weighted by molar-refractivity contribution is -0.138. The third-order valence-electron chi connectivity index (χ3n) is 9.18. The van der Waals surface area contributed by atoms with Gasteiger partial charge >= 0.3 is 5.97 Å². The first-order valence-electron chi connectivity index (χ1n) is 12.8. The van der Waals surface area contributed by atoms with E-state index in [1.54, 1.807) is 0 Å². The largest absolute Gasteiger partial charge is 0.481 e. The number of pyridine rings is 1. The molecule has 0 spiro atoms. The van der Waals surface area contributed by atoms with Crippen molar-refractivity contribution in [1.82, 2.24) is 15.6 Å². The Morgan fingerprint density at radius 2 is 1.91 bits per heavy atom. The van der Waals surface area contributed by atoms with Crippen LogP contribution in [0.5, 0.6) is 0 Å². The SMILES string of the molecule is O=C(O)C[C@@]1(c2ccc(C(=O)N[C@H]3C4CC5CC3C[C@@](O)(C5)C4)c(C3CC3)n2)CCCNC1. The number of nitrogens with zero attached hydrogens (tertiary/aromatic N) is 1. The number of hydrogen-bond donors (Lipinski definition) is 4. The molecule has 1 aromatic rings. The first kappa shape index (κ1) is 21.5. The fraction of sp³-hybridized carbons (Fsp3) is 0.731. The average Bonchev–Trinajstić information content (AvgIpc) is 3.60. The van der Waals surface area contributed by atoms with Crippen LogP contribution in [-0.2, 0) is 10.2 Å². The fourth-order valence-electron chi connectivity index (χ4n) is 7.79. The molecule has 6 aliphatic rings. The standard InChI is InChI=1S/C26H35N3O4/c30-21(31)13-25(6-1-7-27-14-25)20-5-4-19(23(28-20)16-2-3-16)24(32)29-22-17-8-15-9-18(22)12-26(33,10-15)11-17/h4-5,15-18,22,27,33H,1-3,6-14H2,(H,29,32)(H,30,31)/t15?,17?,18?,22-,25-,26+/m0/s1. The molecule has 33 heavy (non-hydrogen) atoms. The smallest absolute Gasteiger partial charge is 0.304 e. The predicted molar refractivity (Wildman–Crippen MR) is 122 cm³/mol. The van der Waals surface area contributed by atoms with E-state index in [9.17, 15) is 19.8 Å². The van der Waals surface area contributed by atoms with Crippen molar-refractivity contribution in [3.8, 4) is 0 Å². The zero-order chi connectivity index (χ0) is 22.8. The fourth-order valence-corrected chi connectivity index (χ4v) is 7.79. The van der Waals surface area contributed by atoms with E-state index in [2.05, 4.69) is 10.6 Å². The van der Waals surface area contributed by atoms with Crippen LogP contribution in [0.2, 0.25) is 0 Å². The topological polar surface area (TPSA) is 112 Å². The molecule has 5 saturated carbocycles. The summed E-state index contributed by atoms with van der Waals surface area (Å²) in [7, 11) is 0. The molecule has 7 rings (SSSR count). The summed E-state index contributed by atoms with van der Waals surface area (Å²) in [5, 5.41) is 27.2. The van der Waals surface area contributed by atoms with Crippen molar-refractivity contribution in [2.75, 3.05) is 13.1 Å². The minimum absolute atomic E-state index is 0.0468. The summed E-state index contributed by atoms with van der Waals surface area (Å²) >= 11 is 0. The molecule has 0 radical (unpaired) electrons. The molecule has 2 unspecified atom stereocenters. The quantitative estimate of drug-likeness (QED) is 0.527. The van der Waals surface area contributed by atoms with E-state index in [0.29, 0.717) is 35.8 Å². The van der Waals surface area contributed by atoms with Gasteiger partial charge in [-0.05, 0) is 94.2 Å². The summed E-state index contributed by atoms with van der Waals surface area (Å²) in [5.41, 5.74) is 1.30. The molecule has 0 aromatic carbocycles. The van der Waals surface area contributed by atoms with Gasteiger partial charge in [-0.15, -0.1) is 0 Å². The van der Waals surface area contributed by atoms with Gasteiger partial charge in [0.15, 0.2) is 0 Å². The average molecular weight is 454 g/mol. The number of nitrogens with one attached hydrogen (secondary N) is 2. The number of amides is 1. The van der Waals surface area contributed by atoms with E-state index < -0.39 is 17.0 Å². The first-order valence-corrected chi connectivity index (χ1v) is 12.8. The molecular formula is C26H35N3O4. The van der Waals surface area contributed by atoms with Gasteiger partial charge in [0.05, 0.1) is 23.3 Å². The number of carboxylic acid groups (broad SMARTS) is 1. The molecule has 1 saturated heterocycles. The lowest BCUT2D eigenvalue weighted by Crippen LogP contribution is -2.61. The van der Waals surface area contributed by atoms with Crippen LogP contribution in [0.3, 0.4) is 0 Å². The summed E-state index contributed by atoms with van der Waals surface area (Å²) in [6.45, 7) is 1.51.